The van der Waals surface area contributed by atoms with Crippen LogP contribution < -0.4 is 5.32 Å². The van der Waals surface area contributed by atoms with Gasteiger partial charge in [0.05, 0.1) is 11.0 Å². The summed E-state index contributed by atoms with van der Waals surface area (Å²) in [4.78, 5) is 5.74. The average Bonchev–Trinajstić information content (AvgIpc) is 3.24. The summed E-state index contributed by atoms with van der Waals surface area (Å²) in [5, 5.41) is 10.2. The number of aryl methyl sites for hydroxylation is 1. The first kappa shape index (κ1) is 13.7. The smallest absolute Gasteiger partial charge is 0.158 e. The molecule has 1 saturated heterocycles. The van der Waals surface area contributed by atoms with Crippen LogP contribution in [0.4, 0.5) is 5.82 Å². The molecule has 0 aromatic carbocycles. The molecule has 0 saturated carbocycles. The molecule has 0 amide bonds. The van der Waals surface area contributed by atoms with Crippen LogP contribution in [0.5, 0.6) is 0 Å². The Hall–Kier alpha value is -1.92. The number of nitrogens with zero attached hydrogens (tertiary/aromatic N) is 3. The van der Waals surface area contributed by atoms with Crippen molar-refractivity contribution in [2.45, 2.75) is 25.9 Å². The summed E-state index contributed by atoms with van der Waals surface area (Å²) in [6.45, 7) is 3.70. The Morgan fingerprint density at radius 1 is 1.45 bits per heavy atom. The summed E-state index contributed by atoms with van der Waals surface area (Å²) in [6.07, 6.45) is 2.58. The van der Waals surface area contributed by atoms with E-state index in [4.69, 9.17) is 9.84 Å². The number of anilines is 1. The SMILES string of the molecule is Cc1cc(NCC2CCCO2)n2nc(-c3cccs3)cc2n1. The molecule has 4 heterocycles. The van der Waals surface area contributed by atoms with Crippen LogP contribution in [0.2, 0.25) is 0 Å². The molecule has 4 rings (SSSR count). The fourth-order valence-corrected chi connectivity index (χ4v) is 3.48. The van der Waals surface area contributed by atoms with E-state index in [9.17, 15) is 0 Å². The lowest BCUT2D eigenvalue weighted by molar-refractivity contribution is 0.120. The monoisotopic (exact) mass is 314 g/mol. The van der Waals surface area contributed by atoms with E-state index in [2.05, 4.69) is 21.7 Å². The normalized spacial score (nSPS) is 18.1. The van der Waals surface area contributed by atoms with E-state index < -0.39 is 0 Å². The molecule has 0 aliphatic carbocycles. The summed E-state index contributed by atoms with van der Waals surface area (Å²) in [6, 6.07) is 8.20. The first-order chi connectivity index (χ1) is 10.8. The predicted octanol–water partition coefficient (Wildman–Crippen LogP) is 3.36. The Labute approximate surface area is 133 Å². The van der Waals surface area contributed by atoms with Crippen molar-refractivity contribution in [1.82, 2.24) is 14.6 Å². The van der Waals surface area contributed by atoms with Gasteiger partial charge in [-0.15, -0.1) is 11.3 Å². The average molecular weight is 314 g/mol. The third-order valence-corrected chi connectivity index (χ3v) is 4.76. The maximum Gasteiger partial charge on any atom is 0.158 e. The molecule has 0 bridgehead atoms. The Bertz CT molecular complexity index is 775. The van der Waals surface area contributed by atoms with Gasteiger partial charge in [0.1, 0.15) is 11.5 Å². The van der Waals surface area contributed by atoms with Gasteiger partial charge in [-0.3, -0.25) is 0 Å². The Kier molecular flexibility index (Phi) is 3.56. The van der Waals surface area contributed by atoms with Crippen LogP contribution in [0.15, 0.2) is 29.6 Å². The summed E-state index contributed by atoms with van der Waals surface area (Å²) >= 11 is 1.69. The van der Waals surface area contributed by atoms with Gasteiger partial charge in [-0.25, -0.2) is 4.98 Å². The van der Waals surface area contributed by atoms with E-state index in [0.29, 0.717) is 6.10 Å². The molecule has 1 atom stereocenters. The topological polar surface area (TPSA) is 51.5 Å². The Morgan fingerprint density at radius 3 is 3.18 bits per heavy atom. The zero-order valence-electron chi connectivity index (χ0n) is 12.5. The van der Waals surface area contributed by atoms with E-state index in [1.165, 1.54) is 0 Å². The second-order valence-corrected chi connectivity index (χ2v) is 6.52. The third-order valence-electron chi connectivity index (χ3n) is 3.86. The standard InChI is InChI=1S/C16H18N4OS/c1-11-8-15(17-10-12-4-2-6-21-12)20-16(18-11)9-13(19-20)14-5-3-7-22-14/h3,5,7-9,12,17H,2,4,6,10H2,1H3. The number of thiophene rings is 1. The minimum atomic E-state index is 0.302. The number of ether oxygens (including phenoxy) is 1. The van der Waals surface area contributed by atoms with Crippen LogP contribution >= 0.6 is 11.3 Å². The van der Waals surface area contributed by atoms with Crippen LogP contribution in [-0.2, 0) is 4.74 Å². The highest BCUT2D eigenvalue weighted by molar-refractivity contribution is 7.13. The molecular weight excluding hydrogens is 296 g/mol. The van der Waals surface area contributed by atoms with Crippen LogP contribution in [0, 0.1) is 6.92 Å². The van der Waals surface area contributed by atoms with Gasteiger partial charge in [0, 0.05) is 31.0 Å². The minimum absolute atomic E-state index is 0.302. The molecule has 22 heavy (non-hydrogen) atoms. The zero-order valence-corrected chi connectivity index (χ0v) is 13.3. The van der Waals surface area contributed by atoms with Crippen LogP contribution in [0.25, 0.3) is 16.2 Å². The van der Waals surface area contributed by atoms with Gasteiger partial charge in [0.15, 0.2) is 5.65 Å². The van der Waals surface area contributed by atoms with E-state index in [-0.39, 0.29) is 0 Å². The summed E-state index contributed by atoms with van der Waals surface area (Å²) in [5.41, 5.74) is 2.83. The number of aromatic nitrogens is 3. The number of hydrogen-bond donors (Lipinski definition) is 1. The molecule has 1 unspecified atom stereocenters. The molecule has 1 fully saturated rings. The highest BCUT2D eigenvalue weighted by atomic mass is 32.1. The third kappa shape index (κ3) is 2.60. The Morgan fingerprint density at radius 2 is 2.41 bits per heavy atom. The largest absolute Gasteiger partial charge is 0.376 e. The van der Waals surface area contributed by atoms with Crippen LogP contribution in [0.3, 0.4) is 0 Å². The van der Waals surface area contributed by atoms with Crippen molar-refractivity contribution >= 4 is 22.8 Å². The highest BCUT2D eigenvalue weighted by Gasteiger charge is 2.16. The van der Waals surface area contributed by atoms with Crippen molar-refractivity contribution in [2.75, 3.05) is 18.5 Å². The lowest BCUT2D eigenvalue weighted by Gasteiger charge is -2.13. The molecule has 1 aliphatic rings. The van der Waals surface area contributed by atoms with Crippen LogP contribution in [-0.4, -0.2) is 33.9 Å². The maximum atomic E-state index is 5.67. The molecule has 3 aromatic rings. The van der Waals surface area contributed by atoms with Crippen molar-refractivity contribution < 1.29 is 4.74 Å². The second-order valence-electron chi connectivity index (χ2n) is 5.58. The van der Waals surface area contributed by atoms with Crippen molar-refractivity contribution in [3.8, 4) is 10.6 Å². The van der Waals surface area contributed by atoms with Crippen molar-refractivity contribution in [1.29, 1.82) is 0 Å². The van der Waals surface area contributed by atoms with E-state index in [1.54, 1.807) is 11.3 Å². The van der Waals surface area contributed by atoms with Gasteiger partial charge in [-0.05, 0) is 31.2 Å². The minimum Gasteiger partial charge on any atom is -0.376 e. The number of rotatable bonds is 4. The lowest BCUT2D eigenvalue weighted by atomic mass is 10.2. The van der Waals surface area contributed by atoms with Crippen LogP contribution in [0.1, 0.15) is 18.5 Å². The fraction of sp³-hybridized carbons (Fsp3) is 0.375. The molecule has 5 nitrogen and oxygen atoms in total. The van der Waals surface area contributed by atoms with E-state index in [1.807, 2.05) is 29.6 Å². The molecule has 0 spiro atoms. The molecule has 0 radical (unpaired) electrons. The Balaban J connectivity index is 1.67. The molecule has 6 heteroatoms. The maximum absolute atomic E-state index is 5.67. The first-order valence-electron chi connectivity index (χ1n) is 7.56. The van der Waals surface area contributed by atoms with E-state index >= 15 is 0 Å². The van der Waals surface area contributed by atoms with E-state index in [0.717, 1.165) is 53.7 Å². The molecule has 3 aromatic heterocycles. The quantitative estimate of drug-likeness (QED) is 0.802. The van der Waals surface area contributed by atoms with Gasteiger partial charge >= 0.3 is 0 Å². The summed E-state index contributed by atoms with van der Waals surface area (Å²) in [5.74, 6) is 0.973. The first-order valence-corrected chi connectivity index (χ1v) is 8.44. The fourth-order valence-electron chi connectivity index (χ4n) is 2.79. The van der Waals surface area contributed by atoms with Gasteiger partial charge in [-0.1, -0.05) is 6.07 Å². The summed E-state index contributed by atoms with van der Waals surface area (Å²) in [7, 11) is 0. The molecule has 1 N–H and O–H groups in total. The van der Waals surface area contributed by atoms with Gasteiger partial charge in [0.25, 0.3) is 0 Å². The number of fused-ring (bicyclic) bond motifs is 1. The zero-order chi connectivity index (χ0) is 14.9. The number of hydrogen-bond acceptors (Lipinski definition) is 5. The van der Waals surface area contributed by atoms with Crippen molar-refractivity contribution in [2.24, 2.45) is 0 Å². The van der Waals surface area contributed by atoms with Gasteiger partial charge in [-0.2, -0.15) is 9.61 Å². The molecular formula is C16H18N4OS. The summed E-state index contributed by atoms with van der Waals surface area (Å²) < 4.78 is 7.56. The number of nitrogens with one attached hydrogen (secondary N) is 1. The van der Waals surface area contributed by atoms with Crippen molar-refractivity contribution in [3.05, 3.63) is 35.3 Å². The van der Waals surface area contributed by atoms with Gasteiger partial charge < -0.3 is 10.1 Å². The van der Waals surface area contributed by atoms with Gasteiger partial charge in [0.2, 0.25) is 0 Å². The second kappa shape index (κ2) is 5.70. The molecule has 1 aliphatic heterocycles. The molecule has 114 valence electrons. The highest BCUT2D eigenvalue weighted by Crippen LogP contribution is 2.25. The lowest BCUT2D eigenvalue weighted by Crippen LogP contribution is -2.20. The van der Waals surface area contributed by atoms with Crippen molar-refractivity contribution in [3.63, 3.8) is 0 Å². The predicted molar refractivity (Wildman–Crippen MR) is 88.5 cm³/mol.